The summed E-state index contributed by atoms with van der Waals surface area (Å²) in [6.45, 7) is 4.94. The molecule has 136 valence electrons. The Morgan fingerprint density at radius 1 is 1.32 bits per heavy atom. The fourth-order valence-corrected chi connectivity index (χ4v) is 2.36. The van der Waals surface area contributed by atoms with Crippen LogP contribution in [0.5, 0.6) is 0 Å². The van der Waals surface area contributed by atoms with Gasteiger partial charge in [-0.25, -0.2) is 0 Å². The Hall–Kier alpha value is -2.41. The van der Waals surface area contributed by atoms with Crippen LogP contribution in [0.1, 0.15) is 24.5 Å². The van der Waals surface area contributed by atoms with Gasteiger partial charge < -0.3 is 20.4 Å². The normalized spacial score (nSPS) is 17.6. The fourth-order valence-electron chi connectivity index (χ4n) is 2.36. The molecule has 1 aromatic carbocycles. The number of likely N-dealkylation sites (N-methyl/N-ethyl adjacent to an activating group) is 1. The summed E-state index contributed by atoms with van der Waals surface area (Å²) in [6.07, 6.45) is -0.308. The number of carbonyl (C=O) groups excluding carboxylic acids is 2. The molecule has 7 nitrogen and oxygen atoms in total. The van der Waals surface area contributed by atoms with Crippen LogP contribution in [0.15, 0.2) is 29.4 Å². The number of oxime groups is 1. The van der Waals surface area contributed by atoms with Gasteiger partial charge in [-0.1, -0.05) is 35.0 Å². The minimum absolute atomic E-state index is 0.215. The van der Waals surface area contributed by atoms with Gasteiger partial charge in [-0.15, -0.1) is 0 Å². The molecule has 0 unspecified atom stereocenters. The number of aryl methyl sites for hydroxylation is 1. The minimum atomic E-state index is -0.701. The molecule has 0 spiro atoms. The maximum Gasteiger partial charge on any atom is 0.264 e. The van der Waals surface area contributed by atoms with Crippen LogP contribution in [0.25, 0.3) is 0 Å². The smallest absolute Gasteiger partial charge is 0.264 e. The van der Waals surface area contributed by atoms with Gasteiger partial charge >= 0.3 is 0 Å². The summed E-state index contributed by atoms with van der Waals surface area (Å²) in [5.74, 6) is -0.547. The molecule has 0 aliphatic carbocycles. The summed E-state index contributed by atoms with van der Waals surface area (Å²) in [6, 6.07) is 7.27. The van der Waals surface area contributed by atoms with Gasteiger partial charge in [0.25, 0.3) is 5.91 Å². The standard InChI is InChI=1S/C18H26N4O3/c1-12-5-7-14(8-6-12)15-11-16(25-21-15)18(24)20-13(2)17(23)19-9-10-22(3)4/h5-8,13,16H,9-11H2,1-4H3,(H,19,23)(H,20,24)/t13-,16+/m1/s1. The minimum Gasteiger partial charge on any atom is -0.382 e. The molecule has 0 fully saturated rings. The molecule has 0 aromatic heterocycles. The molecule has 2 rings (SSSR count). The Morgan fingerprint density at radius 3 is 2.64 bits per heavy atom. The monoisotopic (exact) mass is 346 g/mol. The van der Waals surface area contributed by atoms with Gasteiger partial charge in [0.05, 0.1) is 5.71 Å². The van der Waals surface area contributed by atoms with Crippen LogP contribution in [0.3, 0.4) is 0 Å². The van der Waals surface area contributed by atoms with Gasteiger partial charge in [0, 0.05) is 19.5 Å². The third kappa shape index (κ3) is 5.56. The maximum atomic E-state index is 12.3. The highest BCUT2D eigenvalue weighted by atomic mass is 16.6. The molecule has 1 aliphatic heterocycles. The van der Waals surface area contributed by atoms with Gasteiger partial charge in [0.1, 0.15) is 6.04 Å². The van der Waals surface area contributed by atoms with Crippen molar-refractivity contribution in [2.45, 2.75) is 32.4 Å². The quantitative estimate of drug-likeness (QED) is 0.760. The second-order valence-corrected chi connectivity index (χ2v) is 6.53. The highest BCUT2D eigenvalue weighted by molar-refractivity contribution is 6.04. The van der Waals surface area contributed by atoms with E-state index in [1.165, 1.54) is 0 Å². The Morgan fingerprint density at radius 2 is 2.00 bits per heavy atom. The molecular weight excluding hydrogens is 320 g/mol. The van der Waals surface area contributed by atoms with E-state index in [9.17, 15) is 9.59 Å². The lowest BCUT2D eigenvalue weighted by molar-refractivity contribution is -0.135. The summed E-state index contributed by atoms with van der Waals surface area (Å²) >= 11 is 0. The summed E-state index contributed by atoms with van der Waals surface area (Å²) in [7, 11) is 3.86. The second kappa shape index (κ2) is 8.62. The summed E-state index contributed by atoms with van der Waals surface area (Å²) < 4.78 is 0. The maximum absolute atomic E-state index is 12.3. The van der Waals surface area contributed by atoms with Gasteiger partial charge in [-0.3, -0.25) is 9.59 Å². The van der Waals surface area contributed by atoms with E-state index in [1.54, 1.807) is 6.92 Å². The van der Waals surface area contributed by atoms with E-state index in [1.807, 2.05) is 50.2 Å². The first-order valence-electron chi connectivity index (χ1n) is 8.39. The molecule has 0 saturated carbocycles. The average Bonchev–Trinajstić information content (AvgIpc) is 3.05. The number of amides is 2. The number of hydrogen-bond donors (Lipinski definition) is 2. The molecule has 0 bridgehead atoms. The Kier molecular flexibility index (Phi) is 6.52. The van der Waals surface area contributed by atoms with E-state index in [0.29, 0.717) is 13.0 Å². The molecule has 0 radical (unpaired) electrons. The van der Waals surface area contributed by atoms with Crippen molar-refractivity contribution in [2.24, 2.45) is 5.16 Å². The van der Waals surface area contributed by atoms with Gasteiger partial charge in [-0.2, -0.15) is 0 Å². The average molecular weight is 346 g/mol. The van der Waals surface area contributed by atoms with E-state index >= 15 is 0 Å². The van der Waals surface area contributed by atoms with E-state index in [4.69, 9.17) is 4.84 Å². The number of hydrogen-bond acceptors (Lipinski definition) is 5. The highest BCUT2D eigenvalue weighted by Gasteiger charge is 2.30. The van der Waals surface area contributed by atoms with Crippen LogP contribution in [-0.4, -0.2) is 61.8 Å². The predicted octanol–water partition coefficient (Wildman–Crippen LogP) is 0.671. The van der Waals surface area contributed by atoms with Crippen molar-refractivity contribution in [3.05, 3.63) is 35.4 Å². The van der Waals surface area contributed by atoms with Crippen molar-refractivity contribution in [1.82, 2.24) is 15.5 Å². The van der Waals surface area contributed by atoms with E-state index in [-0.39, 0.29) is 11.8 Å². The van der Waals surface area contributed by atoms with Crippen molar-refractivity contribution in [2.75, 3.05) is 27.2 Å². The first kappa shape index (κ1) is 18.9. The lowest BCUT2D eigenvalue weighted by Gasteiger charge is -2.17. The van der Waals surface area contributed by atoms with E-state index in [0.717, 1.165) is 23.4 Å². The molecule has 2 amide bonds. The van der Waals surface area contributed by atoms with E-state index in [2.05, 4.69) is 15.8 Å². The Labute approximate surface area is 148 Å². The second-order valence-electron chi connectivity index (χ2n) is 6.53. The third-order valence-corrected chi connectivity index (χ3v) is 3.96. The molecular formula is C18H26N4O3. The molecule has 1 heterocycles. The van der Waals surface area contributed by atoms with Crippen molar-refractivity contribution in [1.29, 1.82) is 0 Å². The largest absolute Gasteiger partial charge is 0.382 e. The van der Waals surface area contributed by atoms with Crippen LogP contribution in [0, 0.1) is 6.92 Å². The van der Waals surface area contributed by atoms with Crippen molar-refractivity contribution >= 4 is 17.5 Å². The number of nitrogens with zero attached hydrogens (tertiary/aromatic N) is 2. The van der Waals surface area contributed by atoms with Gasteiger partial charge in [0.15, 0.2) is 0 Å². The van der Waals surface area contributed by atoms with Crippen LogP contribution in [-0.2, 0) is 14.4 Å². The number of benzene rings is 1. The first-order valence-corrected chi connectivity index (χ1v) is 8.39. The summed E-state index contributed by atoms with van der Waals surface area (Å²) in [5.41, 5.74) is 2.84. The molecule has 25 heavy (non-hydrogen) atoms. The van der Waals surface area contributed by atoms with E-state index < -0.39 is 12.1 Å². The van der Waals surface area contributed by atoms with Crippen LogP contribution in [0.2, 0.25) is 0 Å². The Bertz CT molecular complexity index is 640. The van der Waals surface area contributed by atoms with Crippen molar-refractivity contribution in [3.8, 4) is 0 Å². The fraction of sp³-hybridized carbons (Fsp3) is 0.500. The lowest BCUT2D eigenvalue weighted by Crippen LogP contribution is -2.49. The van der Waals surface area contributed by atoms with Crippen molar-refractivity contribution in [3.63, 3.8) is 0 Å². The molecule has 2 N–H and O–H groups in total. The number of rotatable bonds is 7. The topological polar surface area (TPSA) is 83.0 Å². The highest BCUT2D eigenvalue weighted by Crippen LogP contribution is 2.17. The van der Waals surface area contributed by atoms with Crippen LogP contribution in [0.4, 0.5) is 0 Å². The first-order chi connectivity index (χ1) is 11.9. The molecule has 1 aromatic rings. The summed E-state index contributed by atoms with van der Waals surface area (Å²) in [4.78, 5) is 31.5. The molecule has 7 heteroatoms. The number of carbonyl (C=O) groups is 2. The zero-order valence-electron chi connectivity index (χ0n) is 15.2. The van der Waals surface area contributed by atoms with Gasteiger partial charge in [-0.05, 0) is 33.5 Å². The predicted molar refractivity (Wildman–Crippen MR) is 96.4 cm³/mol. The Balaban J connectivity index is 1.80. The lowest BCUT2D eigenvalue weighted by atomic mass is 10.0. The molecule has 1 aliphatic rings. The van der Waals surface area contributed by atoms with Crippen LogP contribution < -0.4 is 10.6 Å². The number of nitrogens with one attached hydrogen (secondary N) is 2. The summed E-state index contributed by atoms with van der Waals surface area (Å²) in [5, 5.41) is 9.47. The molecule has 2 atom stereocenters. The van der Waals surface area contributed by atoms with Gasteiger partial charge in [0.2, 0.25) is 12.0 Å². The van der Waals surface area contributed by atoms with Crippen LogP contribution >= 0.6 is 0 Å². The zero-order chi connectivity index (χ0) is 18.4. The van der Waals surface area contributed by atoms with Crippen molar-refractivity contribution < 1.29 is 14.4 Å². The SMILES string of the molecule is Cc1ccc(C2=NO[C@H](C(=O)N[C@H](C)C(=O)NCCN(C)C)C2)cc1. The zero-order valence-corrected chi connectivity index (χ0v) is 15.2. The molecule has 0 saturated heterocycles. The third-order valence-electron chi connectivity index (χ3n) is 3.96.